The lowest BCUT2D eigenvalue weighted by Crippen LogP contribution is -2.25. The van der Waals surface area contributed by atoms with E-state index in [1.165, 1.54) is 48.9 Å². The third-order valence-electron chi connectivity index (χ3n) is 4.47. The number of benzene rings is 1. The van der Waals surface area contributed by atoms with Crippen LogP contribution in [-0.4, -0.2) is 6.54 Å². The SMILES string of the molecule is Cc1ccc(CNCC2CCC(C)CC2)cc1C. The molecule has 1 N–H and O–H groups in total. The Morgan fingerprint density at radius 1 is 1.06 bits per heavy atom. The summed E-state index contributed by atoms with van der Waals surface area (Å²) in [7, 11) is 0. The molecule has 0 saturated heterocycles. The molecule has 0 unspecified atom stereocenters. The fourth-order valence-corrected chi connectivity index (χ4v) is 2.87. The Labute approximate surface area is 112 Å². The predicted molar refractivity (Wildman–Crippen MR) is 78.7 cm³/mol. The molecule has 1 aromatic rings. The molecule has 0 spiro atoms. The smallest absolute Gasteiger partial charge is 0.0205 e. The summed E-state index contributed by atoms with van der Waals surface area (Å²) < 4.78 is 0. The fourth-order valence-electron chi connectivity index (χ4n) is 2.87. The third kappa shape index (κ3) is 3.84. The van der Waals surface area contributed by atoms with E-state index in [0.717, 1.165) is 18.4 Å². The van der Waals surface area contributed by atoms with E-state index in [-0.39, 0.29) is 0 Å². The van der Waals surface area contributed by atoms with Crippen LogP contribution in [0.2, 0.25) is 0 Å². The summed E-state index contributed by atoms with van der Waals surface area (Å²) in [4.78, 5) is 0. The van der Waals surface area contributed by atoms with Crippen molar-refractivity contribution in [2.75, 3.05) is 6.54 Å². The first-order valence-corrected chi connectivity index (χ1v) is 7.42. The van der Waals surface area contributed by atoms with Crippen LogP contribution in [0.1, 0.15) is 49.3 Å². The van der Waals surface area contributed by atoms with Crippen molar-refractivity contribution in [1.82, 2.24) is 5.32 Å². The van der Waals surface area contributed by atoms with Gasteiger partial charge < -0.3 is 5.32 Å². The Kier molecular flexibility index (Phi) is 4.82. The summed E-state index contributed by atoms with van der Waals surface area (Å²) in [5, 5.41) is 3.63. The summed E-state index contributed by atoms with van der Waals surface area (Å²) in [5.41, 5.74) is 4.21. The zero-order valence-electron chi connectivity index (χ0n) is 12.1. The van der Waals surface area contributed by atoms with Crippen LogP contribution >= 0.6 is 0 Å². The van der Waals surface area contributed by atoms with Gasteiger partial charge >= 0.3 is 0 Å². The molecule has 18 heavy (non-hydrogen) atoms. The lowest BCUT2D eigenvalue weighted by Gasteiger charge is -2.26. The molecule has 1 heteroatoms. The number of nitrogens with one attached hydrogen (secondary N) is 1. The van der Waals surface area contributed by atoms with E-state index in [9.17, 15) is 0 Å². The highest BCUT2D eigenvalue weighted by atomic mass is 14.9. The average molecular weight is 245 g/mol. The molecule has 2 rings (SSSR count). The molecule has 1 aliphatic carbocycles. The molecule has 1 fully saturated rings. The van der Waals surface area contributed by atoms with E-state index in [0.29, 0.717) is 0 Å². The van der Waals surface area contributed by atoms with Gasteiger partial charge in [0.2, 0.25) is 0 Å². The highest BCUT2D eigenvalue weighted by molar-refractivity contribution is 5.29. The Bertz CT molecular complexity index is 375. The minimum absolute atomic E-state index is 0.910. The molecule has 0 atom stereocenters. The van der Waals surface area contributed by atoms with Gasteiger partial charge in [0.05, 0.1) is 0 Å². The molecule has 0 aromatic heterocycles. The minimum atomic E-state index is 0.910. The number of hydrogen-bond acceptors (Lipinski definition) is 1. The second-order valence-electron chi connectivity index (χ2n) is 6.18. The summed E-state index contributed by atoms with van der Waals surface area (Å²) in [6, 6.07) is 6.79. The molecule has 100 valence electrons. The fraction of sp³-hybridized carbons (Fsp3) is 0.647. The highest BCUT2D eigenvalue weighted by Gasteiger charge is 2.17. The topological polar surface area (TPSA) is 12.0 Å². The van der Waals surface area contributed by atoms with Crippen molar-refractivity contribution in [3.8, 4) is 0 Å². The third-order valence-corrected chi connectivity index (χ3v) is 4.47. The average Bonchev–Trinajstić information content (AvgIpc) is 2.36. The largest absolute Gasteiger partial charge is 0.312 e. The molecular formula is C17H27N. The molecule has 1 nitrogen and oxygen atoms in total. The van der Waals surface area contributed by atoms with Crippen molar-refractivity contribution in [1.29, 1.82) is 0 Å². The van der Waals surface area contributed by atoms with Gasteiger partial charge in [-0.05, 0) is 61.8 Å². The van der Waals surface area contributed by atoms with Crippen molar-refractivity contribution in [2.24, 2.45) is 11.8 Å². The van der Waals surface area contributed by atoms with Gasteiger partial charge in [-0.25, -0.2) is 0 Å². The van der Waals surface area contributed by atoms with Crippen molar-refractivity contribution in [2.45, 2.75) is 53.0 Å². The van der Waals surface area contributed by atoms with Crippen LogP contribution in [-0.2, 0) is 6.54 Å². The Balaban J connectivity index is 1.73. The van der Waals surface area contributed by atoms with Crippen molar-refractivity contribution in [3.05, 3.63) is 34.9 Å². The molecule has 1 aromatic carbocycles. The first-order valence-electron chi connectivity index (χ1n) is 7.42. The molecule has 1 aliphatic rings. The van der Waals surface area contributed by atoms with Crippen molar-refractivity contribution in [3.63, 3.8) is 0 Å². The van der Waals surface area contributed by atoms with E-state index in [1.54, 1.807) is 0 Å². The van der Waals surface area contributed by atoms with Gasteiger partial charge in [-0.3, -0.25) is 0 Å². The molecule has 0 aliphatic heterocycles. The van der Waals surface area contributed by atoms with Crippen LogP contribution in [0.25, 0.3) is 0 Å². The van der Waals surface area contributed by atoms with E-state index < -0.39 is 0 Å². The Morgan fingerprint density at radius 2 is 1.78 bits per heavy atom. The minimum Gasteiger partial charge on any atom is -0.312 e. The summed E-state index contributed by atoms with van der Waals surface area (Å²) >= 11 is 0. The number of rotatable bonds is 4. The van der Waals surface area contributed by atoms with Crippen molar-refractivity contribution < 1.29 is 0 Å². The molecular weight excluding hydrogens is 218 g/mol. The maximum Gasteiger partial charge on any atom is 0.0205 e. The van der Waals surface area contributed by atoms with Gasteiger partial charge in [-0.1, -0.05) is 38.0 Å². The summed E-state index contributed by atoms with van der Waals surface area (Å²) in [6.45, 7) is 8.97. The van der Waals surface area contributed by atoms with Gasteiger partial charge in [0.15, 0.2) is 0 Å². The van der Waals surface area contributed by atoms with Crippen LogP contribution < -0.4 is 5.32 Å². The van der Waals surface area contributed by atoms with Gasteiger partial charge in [-0.15, -0.1) is 0 Å². The second kappa shape index (κ2) is 6.38. The summed E-state index contributed by atoms with van der Waals surface area (Å²) in [6.07, 6.45) is 5.69. The maximum absolute atomic E-state index is 3.63. The zero-order chi connectivity index (χ0) is 13.0. The van der Waals surface area contributed by atoms with Crippen LogP contribution in [0.5, 0.6) is 0 Å². The monoisotopic (exact) mass is 245 g/mol. The second-order valence-corrected chi connectivity index (χ2v) is 6.18. The molecule has 1 saturated carbocycles. The summed E-state index contributed by atoms with van der Waals surface area (Å²) in [5.74, 6) is 1.87. The van der Waals surface area contributed by atoms with Crippen LogP contribution in [0.15, 0.2) is 18.2 Å². The molecule has 0 amide bonds. The van der Waals surface area contributed by atoms with E-state index in [4.69, 9.17) is 0 Å². The Hall–Kier alpha value is -0.820. The quantitative estimate of drug-likeness (QED) is 0.837. The van der Waals surface area contributed by atoms with Crippen molar-refractivity contribution >= 4 is 0 Å². The van der Waals surface area contributed by atoms with Gasteiger partial charge in [-0.2, -0.15) is 0 Å². The predicted octanol–water partition coefficient (Wildman–Crippen LogP) is 4.22. The van der Waals surface area contributed by atoms with E-state index >= 15 is 0 Å². The van der Waals surface area contributed by atoms with E-state index in [2.05, 4.69) is 44.3 Å². The number of hydrogen-bond donors (Lipinski definition) is 1. The lowest BCUT2D eigenvalue weighted by molar-refractivity contribution is 0.281. The zero-order valence-corrected chi connectivity index (χ0v) is 12.1. The lowest BCUT2D eigenvalue weighted by atomic mass is 9.83. The first-order chi connectivity index (χ1) is 8.65. The molecule has 0 bridgehead atoms. The van der Waals surface area contributed by atoms with Crippen LogP contribution in [0, 0.1) is 25.7 Å². The normalized spacial score (nSPS) is 24.2. The molecule has 0 heterocycles. The standard InChI is InChI=1S/C17H27N/c1-13-4-7-16(8-5-13)11-18-12-17-9-6-14(2)15(3)10-17/h6,9-10,13,16,18H,4-5,7-8,11-12H2,1-3H3. The van der Waals surface area contributed by atoms with Gasteiger partial charge in [0.25, 0.3) is 0 Å². The maximum atomic E-state index is 3.63. The van der Waals surface area contributed by atoms with Crippen LogP contribution in [0.4, 0.5) is 0 Å². The van der Waals surface area contributed by atoms with Gasteiger partial charge in [0, 0.05) is 6.54 Å². The highest BCUT2D eigenvalue weighted by Crippen LogP contribution is 2.27. The van der Waals surface area contributed by atoms with E-state index in [1.807, 2.05) is 0 Å². The Morgan fingerprint density at radius 3 is 2.44 bits per heavy atom. The molecule has 0 radical (unpaired) electrons. The number of aryl methyl sites for hydroxylation is 2. The first kappa shape index (κ1) is 13.6. The van der Waals surface area contributed by atoms with Crippen LogP contribution in [0.3, 0.4) is 0 Å². The van der Waals surface area contributed by atoms with Gasteiger partial charge in [0.1, 0.15) is 0 Å².